The summed E-state index contributed by atoms with van der Waals surface area (Å²) in [5.74, 6) is 1.11. The number of aryl methyl sites for hydroxylation is 1. The minimum atomic E-state index is 0.195. The minimum absolute atomic E-state index is 0.195. The molecular weight excluding hydrogens is 290 g/mol. The minimum Gasteiger partial charge on any atom is -0.328 e. The summed E-state index contributed by atoms with van der Waals surface area (Å²) < 4.78 is 3.37. The van der Waals surface area contributed by atoms with E-state index in [1.807, 2.05) is 0 Å². The van der Waals surface area contributed by atoms with Crippen LogP contribution in [0.1, 0.15) is 32.5 Å². The molecule has 0 spiro atoms. The van der Waals surface area contributed by atoms with E-state index in [9.17, 15) is 0 Å². The number of halogens is 1. The number of fused-ring (bicyclic) bond motifs is 1. The lowest BCUT2D eigenvalue weighted by Crippen LogP contribution is -2.23. The molecule has 0 amide bonds. The third-order valence-corrected chi connectivity index (χ3v) is 3.70. The van der Waals surface area contributed by atoms with Crippen molar-refractivity contribution in [3.05, 3.63) is 28.5 Å². The summed E-state index contributed by atoms with van der Waals surface area (Å²) in [7, 11) is 0. The molecule has 2 rings (SSSR count). The highest BCUT2D eigenvalue weighted by Gasteiger charge is 2.12. The molecule has 4 heteroatoms. The second kappa shape index (κ2) is 5.85. The summed E-state index contributed by atoms with van der Waals surface area (Å²) in [6.07, 6.45) is 2.94. The number of nitrogens with two attached hydrogens (primary N) is 1. The third kappa shape index (κ3) is 2.75. The number of hydrogen-bond donors (Lipinski definition) is 1. The molecule has 0 fully saturated rings. The van der Waals surface area contributed by atoms with Gasteiger partial charge in [0.1, 0.15) is 5.82 Å². The zero-order valence-corrected chi connectivity index (χ0v) is 12.6. The van der Waals surface area contributed by atoms with E-state index in [0.29, 0.717) is 0 Å². The van der Waals surface area contributed by atoms with Gasteiger partial charge >= 0.3 is 0 Å². The SMILES string of the molecule is CCCn1c(CC(N)CC)nc2cc(Br)ccc21. The number of imidazole rings is 1. The zero-order valence-electron chi connectivity index (χ0n) is 11.0. The molecule has 1 atom stereocenters. The Morgan fingerprint density at radius 2 is 2.17 bits per heavy atom. The summed E-state index contributed by atoms with van der Waals surface area (Å²) in [5.41, 5.74) is 8.32. The van der Waals surface area contributed by atoms with E-state index in [2.05, 4.69) is 52.5 Å². The Morgan fingerprint density at radius 3 is 2.83 bits per heavy atom. The fourth-order valence-corrected chi connectivity index (χ4v) is 2.51. The Hall–Kier alpha value is -0.870. The Morgan fingerprint density at radius 1 is 1.39 bits per heavy atom. The van der Waals surface area contributed by atoms with Crippen LogP contribution in [0.25, 0.3) is 11.0 Å². The highest BCUT2D eigenvalue weighted by Crippen LogP contribution is 2.22. The summed E-state index contributed by atoms with van der Waals surface area (Å²) in [6.45, 7) is 5.31. The molecule has 3 nitrogen and oxygen atoms in total. The maximum Gasteiger partial charge on any atom is 0.111 e. The largest absolute Gasteiger partial charge is 0.328 e. The van der Waals surface area contributed by atoms with E-state index in [-0.39, 0.29) is 6.04 Å². The van der Waals surface area contributed by atoms with Crippen molar-refractivity contribution in [2.24, 2.45) is 5.73 Å². The summed E-state index contributed by atoms with van der Waals surface area (Å²) >= 11 is 3.50. The maximum absolute atomic E-state index is 6.06. The normalized spacial score (nSPS) is 13.1. The van der Waals surface area contributed by atoms with Gasteiger partial charge in [-0.1, -0.05) is 29.8 Å². The van der Waals surface area contributed by atoms with E-state index >= 15 is 0 Å². The van der Waals surface area contributed by atoms with Gasteiger partial charge in [0.15, 0.2) is 0 Å². The zero-order chi connectivity index (χ0) is 13.1. The van der Waals surface area contributed by atoms with Crippen molar-refractivity contribution < 1.29 is 0 Å². The molecule has 2 aromatic rings. The van der Waals surface area contributed by atoms with Crippen molar-refractivity contribution in [3.63, 3.8) is 0 Å². The van der Waals surface area contributed by atoms with E-state index in [1.54, 1.807) is 0 Å². The van der Waals surface area contributed by atoms with Crippen molar-refractivity contribution in [2.75, 3.05) is 0 Å². The monoisotopic (exact) mass is 309 g/mol. The Labute approximate surface area is 117 Å². The van der Waals surface area contributed by atoms with Crippen molar-refractivity contribution in [2.45, 2.75) is 45.7 Å². The molecule has 1 unspecified atom stereocenters. The van der Waals surface area contributed by atoms with Crippen LogP contribution in [0.5, 0.6) is 0 Å². The predicted octanol–water partition coefficient (Wildman–Crippen LogP) is 3.49. The quantitative estimate of drug-likeness (QED) is 0.918. The average Bonchev–Trinajstić information content (AvgIpc) is 2.67. The molecule has 0 saturated heterocycles. The number of rotatable bonds is 5. The molecule has 0 radical (unpaired) electrons. The van der Waals surface area contributed by atoms with Crippen LogP contribution in [0.2, 0.25) is 0 Å². The molecular formula is C14H20BrN3. The lowest BCUT2D eigenvalue weighted by Gasteiger charge is -2.11. The molecule has 0 bridgehead atoms. The number of aromatic nitrogens is 2. The summed E-state index contributed by atoms with van der Waals surface area (Å²) in [5, 5.41) is 0. The first-order valence-electron chi connectivity index (χ1n) is 6.56. The second-order valence-electron chi connectivity index (χ2n) is 4.69. The molecule has 0 aliphatic carbocycles. The van der Waals surface area contributed by atoms with Crippen LogP contribution in [0.4, 0.5) is 0 Å². The van der Waals surface area contributed by atoms with Gasteiger partial charge in [-0.25, -0.2) is 4.98 Å². The molecule has 1 aromatic carbocycles. The van der Waals surface area contributed by atoms with Gasteiger partial charge in [-0.3, -0.25) is 0 Å². The molecule has 1 aromatic heterocycles. The summed E-state index contributed by atoms with van der Waals surface area (Å²) in [6, 6.07) is 6.46. The molecule has 2 N–H and O–H groups in total. The van der Waals surface area contributed by atoms with Crippen LogP contribution in [0.15, 0.2) is 22.7 Å². The lowest BCUT2D eigenvalue weighted by atomic mass is 10.1. The Bertz CT molecular complexity index is 533. The van der Waals surface area contributed by atoms with Crippen molar-refractivity contribution in [1.29, 1.82) is 0 Å². The van der Waals surface area contributed by atoms with Crippen molar-refractivity contribution in [1.82, 2.24) is 9.55 Å². The molecule has 1 heterocycles. The number of nitrogens with zero attached hydrogens (tertiary/aromatic N) is 2. The number of hydrogen-bond acceptors (Lipinski definition) is 2. The molecule has 98 valence electrons. The lowest BCUT2D eigenvalue weighted by molar-refractivity contribution is 0.582. The van der Waals surface area contributed by atoms with Crippen molar-refractivity contribution in [3.8, 4) is 0 Å². The van der Waals surface area contributed by atoms with Crippen LogP contribution in [0.3, 0.4) is 0 Å². The van der Waals surface area contributed by atoms with Crippen molar-refractivity contribution >= 4 is 27.0 Å². The predicted molar refractivity (Wildman–Crippen MR) is 79.7 cm³/mol. The first-order chi connectivity index (χ1) is 8.65. The fraction of sp³-hybridized carbons (Fsp3) is 0.500. The van der Waals surface area contributed by atoms with Gasteiger partial charge in [-0.2, -0.15) is 0 Å². The Balaban J connectivity index is 2.46. The molecule has 0 saturated carbocycles. The van der Waals surface area contributed by atoms with Crippen LogP contribution in [-0.2, 0) is 13.0 Å². The van der Waals surface area contributed by atoms with Crippen LogP contribution in [-0.4, -0.2) is 15.6 Å². The van der Waals surface area contributed by atoms with E-state index in [0.717, 1.165) is 41.6 Å². The highest BCUT2D eigenvalue weighted by molar-refractivity contribution is 9.10. The van der Waals surface area contributed by atoms with E-state index in [1.165, 1.54) is 5.52 Å². The van der Waals surface area contributed by atoms with Crippen LogP contribution < -0.4 is 5.73 Å². The topological polar surface area (TPSA) is 43.8 Å². The van der Waals surface area contributed by atoms with Gasteiger partial charge in [0.2, 0.25) is 0 Å². The highest BCUT2D eigenvalue weighted by atomic mass is 79.9. The smallest absolute Gasteiger partial charge is 0.111 e. The third-order valence-electron chi connectivity index (χ3n) is 3.21. The maximum atomic E-state index is 6.06. The first-order valence-corrected chi connectivity index (χ1v) is 7.35. The van der Waals surface area contributed by atoms with Gasteiger partial charge in [-0.05, 0) is 31.0 Å². The van der Waals surface area contributed by atoms with Gasteiger partial charge in [0.25, 0.3) is 0 Å². The van der Waals surface area contributed by atoms with Gasteiger partial charge < -0.3 is 10.3 Å². The fourth-order valence-electron chi connectivity index (χ4n) is 2.16. The second-order valence-corrected chi connectivity index (χ2v) is 5.60. The van der Waals surface area contributed by atoms with E-state index in [4.69, 9.17) is 10.7 Å². The van der Waals surface area contributed by atoms with Gasteiger partial charge in [-0.15, -0.1) is 0 Å². The Kier molecular flexibility index (Phi) is 4.40. The molecule has 18 heavy (non-hydrogen) atoms. The average molecular weight is 310 g/mol. The van der Waals surface area contributed by atoms with E-state index < -0.39 is 0 Å². The van der Waals surface area contributed by atoms with Crippen LogP contribution >= 0.6 is 15.9 Å². The standard InChI is InChI=1S/C14H20BrN3/c1-3-7-18-13-6-5-10(15)8-12(13)17-14(18)9-11(16)4-2/h5-6,8,11H,3-4,7,9,16H2,1-2H3. The van der Waals surface area contributed by atoms with Gasteiger partial charge in [0, 0.05) is 23.5 Å². The first kappa shape index (κ1) is 13.6. The van der Waals surface area contributed by atoms with Gasteiger partial charge in [0.05, 0.1) is 11.0 Å². The summed E-state index contributed by atoms with van der Waals surface area (Å²) in [4.78, 5) is 4.73. The number of benzene rings is 1. The molecule has 0 aliphatic rings. The molecule has 0 aliphatic heterocycles. The van der Waals surface area contributed by atoms with Crippen LogP contribution in [0, 0.1) is 0 Å².